The summed E-state index contributed by atoms with van der Waals surface area (Å²) in [7, 11) is 0. The lowest BCUT2D eigenvalue weighted by Crippen LogP contribution is -2.27. The molecule has 0 spiro atoms. The molecule has 2 saturated carbocycles. The average Bonchev–Trinajstić information content (AvgIpc) is 2.87. The number of halogens is 6. The Labute approximate surface area is 221 Å². The first-order valence-corrected chi connectivity index (χ1v) is 14.0. The van der Waals surface area contributed by atoms with Crippen LogP contribution in [0.5, 0.6) is 5.75 Å². The summed E-state index contributed by atoms with van der Waals surface area (Å²) in [4.78, 5) is 0. The lowest BCUT2D eigenvalue weighted by molar-refractivity contribution is -0.0696. The Morgan fingerprint density at radius 2 is 1.45 bits per heavy atom. The van der Waals surface area contributed by atoms with Crippen LogP contribution >= 0.6 is 0 Å². The molecule has 4 rings (SSSR count). The van der Waals surface area contributed by atoms with Crippen molar-refractivity contribution in [2.24, 2.45) is 23.7 Å². The first kappa shape index (κ1) is 28.6. The zero-order chi connectivity index (χ0) is 27.3. The molecule has 208 valence electrons. The Hall–Kier alpha value is -2.36. The van der Waals surface area contributed by atoms with Gasteiger partial charge in [-0.2, -0.15) is 13.2 Å². The summed E-state index contributed by atoms with van der Waals surface area (Å²) in [5.41, 5.74) is -1.11. The number of hydrogen-bond donors (Lipinski definition) is 0. The summed E-state index contributed by atoms with van der Waals surface area (Å²) in [5.74, 6) is 1.49. The highest BCUT2D eigenvalue weighted by atomic mass is 19.4. The highest BCUT2D eigenvalue weighted by Crippen LogP contribution is 2.42. The summed E-state index contributed by atoms with van der Waals surface area (Å²) in [6, 6.07) is 3.10. The number of benzene rings is 2. The second-order valence-electron chi connectivity index (χ2n) is 11.2. The molecule has 0 aromatic heterocycles. The number of alkyl halides is 3. The Bertz CT molecular complexity index is 1150. The Balaban J connectivity index is 1.31. The van der Waals surface area contributed by atoms with Crippen LogP contribution in [-0.2, 0) is 0 Å². The van der Waals surface area contributed by atoms with Gasteiger partial charge in [0.25, 0.3) is 0 Å². The molecule has 0 amide bonds. The van der Waals surface area contributed by atoms with Crippen molar-refractivity contribution in [1.82, 2.24) is 0 Å². The van der Waals surface area contributed by atoms with E-state index in [1.54, 1.807) is 0 Å². The highest BCUT2D eigenvalue weighted by Gasteiger charge is 2.31. The molecule has 2 fully saturated rings. The summed E-state index contributed by atoms with van der Waals surface area (Å²) in [6.07, 6.45) is 10.3. The maximum absolute atomic E-state index is 14.7. The van der Waals surface area contributed by atoms with Gasteiger partial charge in [0.2, 0.25) is 0 Å². The van der Waals surface area contributed by atoms with Crippen LogP contribution in [-0.4, -0.2) is 12.8 Å². The molecular formula is C31H36F6O. The van der Waals surface area contributed by atoms with Crippen LogP contribution in [0.1, 0.15) is 89.5 Å². The number of ether oxygens (including phenoxy) is 1. The third-order valence-electron chi connectivity index (χ3n) is 8.53. The maximum Gasteiger partial charge on any atom is 0.458 e. The molecule has 2 aliphatic rings. The van der Waals surface area contributed by atoms with Gasteiger partial charge in [0.05, 0.1) is 17.6 Å². The van der Waals surface area contributed by atoms with Gasteiger partial charge in [0.15, 0.2) is 5.82 Å². The lowest BCUT2D eigenvalue weighted by atomic mass is 9.69. The van der Waals surface area contributed by atoms with Gasteiger partial charge in [-0.1, -0.05) is 51.4 Å². The predicted octanol–water partition coefficient (Wildman–Crippen LogP) is 9.74. The predicted molar refractivity (Wildman–Crippen MR) is 137 cm³/mol. The summed E-state index contributed by atoms with van der Waals surface area (Å²) in [6.45, 7) is 2.64. The summed E-state index contributed by atoms with van der Waals surface area (Å²) < 4.78 is 86.6. The van der Waals surface area contributed by atoms with Crippen molar-refractivity contribution < 1.29 is 31.1 Å². The minimum atomic E-state index is -4.92. The quantitative estimate of drug-likeness (QED) is 0.185. The van der Waals surface area contributed by atoms with Gasteiger partial charge in [-0.05, 0) is 79.7 Å². The van der Waals surface area contributed by atoms with Gasteiger partial charge >= 0.3 is 6.18 Å². The van der Waals surface area contributed by atoms with E-state index in [1.165, 1.54) is 76.2 Å². The van der Waals surface area contributed by atoms with Crippen molar-refractivity contribution in [3.8, 4) is 17.6 Å². The first-order chi connectivity index (χ1) is 18.1. The van der Waals surface area contributed by atoms with Gasteiger partial charge in [0, 0.05) is 12.0 Å². The second-order valence-corrected chi connectivity index (χ2v) is 11.2. The fourth-order valence-electron chi connectivity index (χ4n) is 6.39. The van der Waals surface area contributed by atoms with E-state index in [9.17, 15) is 26.3 Å². The minimum Gasteiger partial charge on any atom is -0.493 e. The molecule has 0 aliphatic heterocycles. The van der Waals surface area contributed by atoms with Gasteiger partial charge in [-0.15, -0.1) is 0 Å². The van der Waals surface area contributed by atoms with Crippen LogP contribution in [0.15, 0.2) is 18.2 Å². The van der Waals surface area contributed by atoms with Gasteiger partial charge < -0.3 is 4.74 Å². The number of rotatable bonds is 8. The lowest BCUT2D eigenvalue weighted by Gasteiger charge is -2.38. The van der Waals surface area contributed by atoms with Gasteiger partial charge in [-0.3, -0.25) is 0 Å². The van der Waals surface area contributed by atoms with E-state index >= 15 is 0 Å². The monoisotopic (exact) mass is 538 g/mol. The molecule has 1 nitrogen and oxygen atoms in total. The van der Waals surface area contributed by atoms with Crippen molar-refractivity contribution >= 4 is 10.8 Å². The molecule has 0 unspecified atom stereocenters. The van der Waals surface area contributed by atoms with Crippen molar-refractivity contribution in [3.63, 3.8) is 0 Å². The normalized spacial score (nSPS) is 24.2. The van der Waals surface area contributed by atoms with Crippen LogP contribution in [0.2, 0.25) is 0 Å². The van der Waals surface area contributed by atoms with Crippen molar-refractivity contribution in [1.29, 1.82) is 0 Å². The topological polar surface area (TPSA) is 9.23 Å². The molecule has 0 bridgehead atoms. The smallest absolute Gasteiger partial charge is 0.458 e. The molecule has 38 heavy (non-hydrogen) atoms. The second kappa shape index (κ2) is 12.7. The van der Waals surface area contributed by atoms with Crippen molar-refractivity contribution in [2.45, 2.75) is 90.1 Å². The molecule has 0 atom stereocenters. The minimum absolute atomic E-state index is 0.124. The summed E-state index contributed by atoms with van der Waals surface area (Å²) in [5, 5.41) is -0.729. The Morgan fingerprint density at radius 3 is 2.05 bits per heavy atom. The van der Waals surface area contributed by atoms with E-state index in [0.29, 0.717) is 12.5 Å². The van der Waals surface area contributed by atoms with Gasteiger partial charge in [-0.25, -0.2) is 13.2 Å². The zero-order valence-electron chi connectivity index (χ0n) is 21.9. The molecule has 0 heterocycles. The maximum atomic E-state index is 14.7. The van der Waals surface area contributed by atoms with E-state index in [-0.39, 0.29) is 11.1 Å². The summed E-state index contributed by atoms with van der Waals surface area (Å²) >= 11 is 0. The molecule has 0 N–H and O–H groups in total. The van der Waals surface area contributed by atoms with Crippen LogP contribution < -0.4 is 4.74 Å². The van der Waals surface area contributed by atoms with Crippen molar-refractivity contribution in [2.75, 3.05) is 6.61 Å². The van der Waals surface area contributed by atoms with E-state index in [1.807, 2.05) is 0 Å². The Kier molecular flexibility index (Phi) is 9.54. The van der Waals surface area contributed by atoms with Crippen molar-refractivity contribution in [3.05, 3.63) is 41.2 Å². The van der Waals surface area contributed by atoms with Crippen LogP contribution in [0, 0.1) is 53.0 Å². The average molecular weight is 539 g/mol. The molecular weight excluding hydrogens is 502 g/mol. The Morgan fingerprint density at radius 1 is 0.816 bits per heavy atom. The SMILES string of the molecule is CCCCCC1CCC(C2CCC(COc3cc(F)c4c(F)c(C#CC(F)(F)F)c(F)cc4c3)CC2)CC1. The largest absolute Gasteiger partial charge is 0.493 e. The molecule has 0 saturated heterocycles. The number of unbranched alkanes of at least 4 members (excludes halogenated alkanes) is 2. The van der Waals surface area contributed by atoms with Crippen LogP contribution in [0.4, 0.5) is 26.3 Å². The third kappa shape index (κ3) is 7.39. The standard InChI is InChI=1S/C31H36F6O/c1-2-3-4-5-20-6-10-22(11-7-20)23-12-8-21(9-13-23)19-38-25-16-24-17-27(32)26(14-15-31(35,36)37)30(34)29(24)28(33)18-25/h16-18,20-23H,2-13,19H2,1H3. The van der Waals surface area contributed by atoms with E-state index in [0.717, 1.165) is 48.6 Å². The number of fused-ring (bicyclic) bond motifs is 1. The fourth-order valence-corrected chi connectivity index (χ4v) is 6.39. The van der Waals surface area contributed by atoms with E-state index in [2.05, 4.69) is 6.92 Å². The third-order valence-corrected chi connectivity index (χ3v) is 8.53. The van der Waals surface area contributed by atoms with E-state index < -0.39 is 34.6 Å². The van der Waals surface area contributed by atoms with Crippen LogP contribution in [0.25, 0.3) is 10.8 Å². The first-order valence-electron chi connectivity index (χ1n) is 14.0. The molecule has 0 radical (unpaired) electrons. The highest BCUT2D eigenvalue weighted by molar-refractivity contribution is 5.86. The van der Waals surface area contributed by atoms with E-state index in [4.69, 9.17) is 4.74 Å². The number of hydrogen-bond acceptors (Lipinski definition) is 1. The molecule has 2 aromatic carbocycles. The molecule has 2 aromatic rings. The zero-order valence-corrected chi connectivity index (χ0v) is 21.9. The molecule has 7 heteroatoms. The van der Waals surface area contributed by atoms with Crippen LogP contribution in [0.3, 0.4) is 0 Å². The molecule has 2 aliphatic carbocycles. The fraction of sp³-hybridized carbons (Fsp3) is 0.613. The van der Waals surface area contributed by atoms with Gasteiger partial charge in [0.1, 0.15) is 17.4 Å².